The molecule has 182 valence electrons. The van der Waals surface area contributed by atoms with E-state index >= 15 is 0 Å². The number of para-hydroxylation sites is 1. The summed E-state index contributed by atoms with van der Waals surface area (Å²) in [5.74, 6) is -0.456. The normalized spacial score (nSPS) is 16.9. The highest BCUT2D eigenvalue weighted by Crippen LogP contribution is 2.19. The van der Waals surface area contributed by atoms with Gasteiger partial charge < -0.3 is 16.0 Å². The van der Waals surface area contributed by atoms with Crippen LogP contribution in [0.5, 0.6) is 0 Å². The Bertz CT molecular complexity index is 963. The predicted octanol–water partition coefficient (Wildman–Crippen LogP) is 3.57. The molecule has 1 fully saturated rings. The molecule has 0 aromatic heterocycles. The molecule has 0 aliphatic carbocycles. The van der Waals surface area contributed by atoms with Crippen LogP contribution in [-0.2, 0) is 16.1 Å². The van der Waals surface area contributed by atoms with Crippen molar-refractivity contribution in [1.82, 2.24) is 15.5 Å². The number of nitrogens with one attached hydrogen (secondary N) is 3. The zero-order valence-corrected chi connectivity index (χ0v) is 20.2. The summed E-state index contributed by atoms with van der Waals surface area (Å²) in [5.41, 5.74) is 1.91. The van der Waals surface area contributed by atoms with E-state index in [0.29, 0.717) is 24.3 Å². The maximum Gasteiger partial charge on any atom is 0.253 e. The average molecular weight is 465 g/mol. The van der Waals surface area contributed by atoms with E-state index in [4.69, 9.17) is 0 Å². The highest BCUT2D eigenvalue weighted by molar-refractivity contribution is 6.04. The Labute approximate surface area is 202 Å². The summed E-state index contributed by atoms with van der Waals surface area (Å²) >= 11 is 0. The van der Waals surface area contributed by atoms with Crippen LogP contribution in [0, 0.1) is 5.92 Å². The van der Waals surface area contributed by atoms with Crippen molar-refractivity contribution in [2.75, 3.05) is 25.0 Å². The quantitative estimate of drug-likeness (QED) is 0.501. The van der Waals surface area contributed by atoms with E-state index in [2.05, 4.69) is 22.9 Å². The molecule has 1 aliphatic rings. The molecule has 2 aromatic carbocycles. The van der Waals surface area contributed by atoms with Gasteiger partial charge in [-0.1, -0.05) is 55.8 Å². The minimum absolute atomic E-state index is 0.0755. The van der Waals surface area contributed by atoms with Crippen molar-refractivity contribution in [3.63, 3.8) is 0 Å². The number of nitrogens with zero attached hydrogens (tertiary/aromatic N) is 1. The van der Waals surface area contributed by atoms with E-state index in [1.165, 1.54) is 0 Å². The summed E-state index contributed by atoms with van der Waals surface area (Å²) < 4.78 is 0. The number of benzene rings is 2. The van der Waals surface area contributed by atoms with Crippen LogP contribution in [0.25, 0.3) is 0 Å². The highest BCUT2D eigenvalue weighted by atomic mass is 16.2. The lowest BCUT2D eigenvalue weighted by Gasteiger charge is -2.32. The van der Waals surface area contributed by atoms with Gasteiger partial charge in [0.1, 0.15) is 0 Å². The summed E-state index contributed by atoms with van der Waals surface area (Å²) in [7, 11) is 0. The number of carbonyl (C=O) groups excluding carboxylic acids is 3. The van der Waals surface area contributed by atoms with E-state index in [0.717, 1.165) is 37.8 Å². The lowest BCUT2D eigenvalue weighted by atomic mass is 9.96. The summed E-state index contributed by atoms with van der Waals surface area (Å²) in [4.78, 5) is 40.2. The molecule has 7 nitrogen and oxygen atoms in total. The second-order valence-corrected chi connectivity index (χ2v) is 9.03. The molecule has 3 N–H and O–H groups in total. The number of hydrogen-bond donors (Lipinski definition) is 3. The minimum Gasteiger partial charge on any atom is -0.353 e. The molecule has 1 heterocycles. The van der Waals surface area contributed by atoms with Gasteiger partial charge in [-0.3, -0.25) is 19.3 Å². The Kier molecular flexibility index (Phi) is 9.64. The molecular formula is C27H36N4O3. The van der Waals surface area contributed by atoms with Crippen molar-refractivity contribution in [1.29, 1.82) is 0 Å². The number of rotatable bonds is 10. The highest BCUT2D eigenvalue weighted by Gasteiger charge is 2.27. The molecule has 2 aromatic rings. The Balaban J connectivity index is 1.53. The van der Waals surface area contributed by atoms with Crippen LogP contribution in [-0.4, -0.2) is 48.3 Å². The van der Waals surface area contributed by atoms with E-state index in [9.17, 15) is 14.4 Å². The number of amides is 3. The van der Waals surface area contributed by atoms with E-state index in [1.54, 1.807) is 24.3 Å². The second kappa shape index (κ2) is 12.9. The minimum atomic E-state index is -0.240. The first-order valence-electron chi connectivity index (χ1n) is 12.2. The molecule has 7 heteroatoms. The SMILES string of the molecule is CCCC(C)NC(=O)C1CCCN(CC(=O)Nc2ccccc2C(=O)NCc2ccccc2)C1. The maximum absolute atomic E-state index is 12.8. The number of hydrogen-bond acceptors (Lipinski definition) is 4. The first kappa shape index (κ1) is 25.4. The molecule has 34 heavy (non-hydrogen) atoms. The average Bonchev–Trinajstić information content (AvgIpc) is 2.83. The van der Waals surface area contributed by atoms with Gasteiger partial charge in [0.05, 0.1) is 23.7 Å². The van der Waals surface area contributed by atoms with Gasteiger partial charge in [0.2, 0.25) is 11.8 Å². The van der Waals surface area contributed by atoms with Gasteiger partial charge in [-0.2, -0.15) is 0 Å². The predicted molar refractivity (Wildman–Crippen MR) is 134 cm³/mol. The van der Waals surface area contributed by atoms with E-state index < -0.39 is 0 Å². The number of carbonyl (C=O) groups is 3. The van der Waals surface area contributed by atoms with Crippen LogP contribution in [0.4, 0.5) is 5.69 Å². The fourth-order valence-corrected chi connectivity index (χ4v) is 4.34. The van der Waals surface area contributed by atoms with Crippen LogP contribution in [0.2, 0.25) is 0 Å². The van der Waals surface area contributed by atoms with Crippen molar-refractivity contribution in [3.8, 4) is 0 Å². The molecule has 3 amide bonds. The van der Waals surface area contributed by atoms with Crippen LogP contribution >= 0.6 is 0 Å². The van der Waals surface area contributed by atoms with Crippen molar-refractivity contribution in [3.05, 3.63) is 65.7 Å². The van der Waals surface area contributed by atoms with Gasteiger partial charge >= 0.3 is 0 Å². The van der Waals surface area contributed by atoms with Gasteiger partial charge in [-0.25, -0.2) is 0 Å². The monoisotopic (exact) mass is 464 g/mol. The zero-order valence-electron chi connectivity index (χ0n) is 20.2. The first-order valence-corrected chi connectivity index (χ1v) is 12.2. The third-order valence-corrected chi connectivity index (χ3v) is 6.10. The molecular weight excluding hydrogens is 428 g/mol. The maximum atomic E-state index is 12.8. The zero-order chi connectivity index (χ0) is 24.3. The largest absolute Gasteiger partial charge is 0.353 e. The van der Waals surface area contributed by atoms with Gasteiger partial charge in [0, 0.05) is 19.1 Å². The van der Waals surface area contributed by atoms with E-state index in [-0.39, 0.29) is 36.2 Å². The molecule has 1 aliphatic heterocycles. The fourth-order valence-electron chi connectivity index (χ4n) is 4.34. The van der Waals surface area contributed by atoms with Gasteiger partial charge in [-0.15, -0.1) is 0 Å². The molecule has 0 saturated carbocycles. The summed E-state index contributed by atoms with van der Waals surface area (Å²) in [6.07, 6.45) is 3.71. The third kappa shape index (κ3) is 7.70. The first-order chi connectivity index (χ1) is 16.5. The number of likely N-dealkylation sites (tertiary alicyclic amines) is 1. The van der Waals surface area contributed by atoms with Crippen molar-refractivity contribution in [2.24, 2.45) is 5.92 Å². The van der Waals surface area contributed by atoms with Crippen LogP contribution in [0.15, 0.2) is 54.6 Å². The Morgan fingerprint density at radius 1 is 1.06 bits per heavy atom. The number of anilines is 1. The Hall–Kier alpha value is -3.19. The van der Waals surface area contributed by atoms with Gasteiger partial charge in [-0.05, 0) is 50.4 Å². The fraction of sp³-hybridized carbons (Fsp3) is 0.444. The molecule has 0 radical (unpaired) electrons. The van der Waals surface area contributed by atoms with Crippen LogP contribution in [0.1, 0.15) is 55.5 Å². The third-order valence-electron chi connectivity index (χ3n) is 6.10. The van der Waals surface area contributed by atoms with Crippen molar-refractivity contribution >= 4 is 23.4 Å². The lowest BCUT2D eigenvalue weighted by Crippen LogP contribution is -2.47. The van der Waals surface area contributed by atoms with Gasteiger partial charge in [0.25, 0.3) is 5.91 Å². The summed E-state index contributed by atoms with van der Waals surface area (Å²) in [6.45, 7) is 6.08. The molecule has 2 atom stereocenters. The second-order valence-electron chi connectivity index (χ2n) is 9.03. The van der Waals surface area contributed by atoms with Gasteiger partial charge in [0.15, 0.2) is 0 Å². The summed E-state index contributed by atoms with van der Waals surface area (Å²) in [6, 6.07) is 16.9. The standard InChI is InChI=1S/C27H36N4O3/c1-3-10-20(2)29-26(33)22-13-9-16-31(18-22)19-25(32)30-24-15-8-7-14-23(24)27(34)28-17-21-11-5-4-6-12-21/h4-8,11-12,14-15,20,22H,3,9-10,13,16-19H2,1-2H3,(H,28,34)(H,29,33)(H,30,32). The van der Waals surface area contributed by atoms with Crippen molar-refractivity contribution < 1.29 is 14.4 Å². The summed E-state index contributed by atoms with van der Waals surface area (Å²) in [5, 5.41) is 8.89. The topological polar surface area (TPSA) is 90.5 Å². The Morgan fingerprint density at radius 3 is 2.56 bits per heavy atom. The lowest BCUT2D eigenvalue weighted by molar-refractivity contribution is -0.128. The van der Waals surface area contributed by atoms with Crippen LogP contribution < -0.4 is 16.0 Å². The van der Waals surface area contributed by atoms with Crippen molar-refractivity contribution in [2.45, 2.75) is 52.1 Å². The number of piperidine rings is 1. The molecule has 1 saturated heterocycles. The smallest absolute Gasteiger partial charge is 0.253 e. The molecule has 3 rings (SSSR count). The van der Waals surface area contributed by atoms with Crippen LogP contribution in [0.3, 0.4) is 0 Å². The molecule has 2 unspecified atom stereocenters. The Morgan fingerprint density at radius 2 is 1.79 bits per heavy atom. The molecule has 0 spiro atoms. The van der Waals surface area contributed by atoms with E-state index in [1.807, 2.05) is 42.2 Å². The molecule has 0 bridgehead atoms.